The number of hydrogen-bond donors (Lipinski definition) is 0. The minimum absolute atomic E-state index is 0.0774. The molecule has 2 amide bonds. The number of imide groups is 1. The van der Waals surface area contributed by atoms with Crippen LogP contribution in [0.2, 0.25) is 0 Å². The summed E-state index contributed by atoms with van der Waals surface area (Å²) >= 11 is 0. The van der Waals surface area contributed by atoms with E-state index in [0.717, 1.165) is 18.4 Å². The Bertz CT molecular complexity index is 843. The SMILES string of the molecule is O=C1c2ccc(OCc3ccc(F)cc3)cc2C(=O)N1CC1CCCO1. The summed E-state index contributed by atoms with van der Waals surface area (Å²) < 4.78 is 24.2. The van der Waals surface area contributed by atoms with Gasteiger partial charge in [0.1, 0.15) is 18.2 Å². The van der Waals surface area contributed by atoms with E-state index in [1.807, 2.05) is 0 Å². The van der Waals surface area contributed by atoms with Crippen LogP contribution in [0.1, 0.15) is 39.1 Å². The number of rotatable bonds is 5. The summed E-state index contributed by atoms with van der Waals surface area (Å²) in [7, 11) is 0. The third kappa shape index (κ3) is 3.20. The van der Waals surface area contributed by atoms with Gasteiger partial charge in [-0.05, 0) is 48.7 Å². The number of ether oxygens (including phenoxy) is 2. The maximum Gasteiger partial charge on any atom is 0.261 e. The van der Waals surface area contributed by atoms with Crippen LogP contribution in [0.5, 0.6) is 5.75 Å². The van der Waals surface area contributed by atoms with Gasteiger partial charge in [-0.2, -0.15) is 0 Å². The summed E-state index contributed by atoms with van der Waals surface area (Å²) in [6.07, 6.45) is 1.74. The van der Waals surface area contributed by atoms with Crippen molar-refractivity contribution in [2.45, 2.75) is 25.6 Å². The van der Waals surface area contributed by atoms with E-state index in [1.54, 1.807) is 30.3 Å². The number of carbonyl (C=O) groups is 2. The van der Waals surface area contributed by atoms with Gasteiger partial charge in [-0.15, -0.1) is 0 Å². The summed E-state index contributed by atoms with van der Waals surface area (Å²) in [6.45, 7) is 1.22. The molecule has 0 aliphatic carbocycles. The lowest BCUT2D eigenvalue weighted by atomic mass is 10.1. The first-order chi connectivity index (χ1) is 12.6. The number of hydrogen-bond acceptors (Lipinski definition) is 4. The van der Waals surface area contributed by atoms with E-state index < -0.39 is 0 Å². The van der Waals surface area contributed by atoms with Crippen molar-refractivity contribution in [1.29, 1.82) is 0 Å². The van der Waals surface area contributed by atoms with E-state index >= 15 is 0 Å². The Hall–Kier alpha value is -2.73. The quantitative estimate of drug-likeness (QED) is 0.773. The van der Waals surface area contributed by atoms with Gasteiger partial charge in [-0.3, -0.25) is 14.5 Å². The second-order valence-electron chi connectivity index (χ2n) is 6.48. The van der Waals surface area contributed by atoms with Gasteiger partial charge >= 0.3 is 0 Å². The Morgan fingerprint density at radius 1 is 1.08 bits per heavy atom. The van der Waals surface area contributed by atoms with Crippen molar-refractivity contribution in [3.63, 3.8) is 0 Å². The molecule has 0 saturated carbocycles. The Kier molecular flexibility index (Phi) is 4.42. The second kappa shape index (κ2) is 6.88. The van der Waals surface area contributed by atoms with Gasteiger partial charge < -0.3 is 9.47 Å². The Labute approximate surface area is 150 Å². The zero-order chi connectivity index (χ0) is 18.1. The average Bonchev–Trinajstić information content (AvgIpc) is 3.24. The van der Waals surface area contributed by atoms with Crippen molar-refractivity contribution in [1.82, 2.24) is 4.90 Å². The van der Waals surface area contributed by atoms with Crippen LogP contribution in [0, 0.1) is 5.82 Å². The lowest BCUT2D eigenvalue weighted by molar-refractivity contribution is 0.0475. The summed E-state index contributed by atoms with van der Waals surface area (Å²) in [5, 5.41) is 0. The predicted octanol–water partition coefficient (Wildman–Crippen LogP) is 3.18. The molecule has 1 fully saturated rings. The highest BCUT2D eigenvalue weighted by Crippen LogP contribution is 2.28. The van der Waals surface area contributed by atoms with Gasteiger partial charge in [0.2, 0.25) is 0 Å². The van der Waals surface area contributed by atoms with Crippen LogP contribution >= 0.6 is 0 Å². The molecule has 0 spiro atoms. The van der Waals surface area contributed by atoms with Crippen molar-refractivity contribution in [2.75, 3.05) is 13.2 Å². The summed E-state index contributed by atoms with van der Waals surface area (Å²) in [5.41, 5.74) is 1.56. The van der Waals surface area contributed by atoms with Gasteiger partial charge in [-0.25, -0.2) is 4.39 Å². The number of carbonyl (C=O) groups excluding carboxylic acids is 2. The molecule has 2 aliphatic rings. The van der Waals surface area contributed by atoms with Gasteiger partial charge in [0.25, 0.3) is 11.8 Å². The first-order valence-electron chi connectivity index (χ1n) is 8.61. The zero-order valence-electron chi connectivity index (χ0n) is 14.1. The molecule has 4 rings (SSSR count). The van der Waals surface area contributed by atoms with Gasteiger partial charge in [0.15, 0.2) is 0 Å². The van der Waals surface area contributed by atoms with Crippen LogP contribution in [-0.2, 0) is 11.3 Å². The summed E-state index contributed by atoms with van der Waals surface area (Å²) in [6, 6.07) is 10.9. The molecule has 1 unspecified atom stereocenters. The molecular formula is C20H18FNO4. The smallest absolute Gasteiger partial charge is 0.261 e. The van der Waals surface area contributed by atoms with E-state index in [1.165, 1.54) is 17.0 Å². The molecule has 2 heterocycles. The molecule has 1 atom stereocenters. The highest BCUT2D eigenvalue weighted by atomic mass is 19.1. The topological polar surface area (TPSA) is 55.8 Å². The van der Waals surface area contributed by atoms with Crippen LogP contribution in [0.25, 0.3) is 0 Å². The molecular weight excluding hydrogens is 337 g/mol. The predicted molar refractivity (Wildman–Crippen MR) is 91.5 cm³/mol. The highest BCUT2D eigenvalue weighted by molar-refractivity contribution is 6.21. The largest absolute Gasteiger partial charge is 0.489 e. The first kappa shape index (κ1) is 16.7. The second-order valence-corrected chi connectivity index (χ2v) is 6.48. The van der Waals surface area contributed by atoms with Gasteiger partial charge in [0.05, 0.1) is 23.8 Å². The fourth-order valence-electron chi connectivity index (χ4n) is 3.26. The third-order valence-electron chi connectivity index (χ3n) is 4.67. The molecule has 6 heteroatoms. The molecule has 0 radical (unpaired) electrons. The molecule has 2 aromatic rings. The Balaban J connectivity index is 1.47. The number of halogens is 1. The molecule has 1 saturated heterocycles. The molecule has 0 aromatic heterocycles. The molecule has 0 N–H and O–H groups in total. The van der Waals surface area contributed by atoms with E-state index in [-0.39, 0.29) is 36.9 Å². The molecule has 2 aromatic carbocycles. The monoisotopic (exact) mass is 355 g/mol. The van der Waals surface area contributed by atoms with Crippen molar-refractivity contribution in [3.8, 4) is 5.75 Å². The van der Waals surface area contributed by atoms with Crippen molar-refractivity contribution >= 4 is 11.8 Å². The number of nitrogens with zero attached hydrogens (tertiary/aromatic N) is 1. The Morgan fingerprint density at radius 3 is 2.58 bits per heavy atom. The maximum atomic E-state index is 12.9. The standard InChI is InChI=1S/C20H18FNO4/c21-14-5-3-13(4-6-14)12-26-15-7-8-17-18(10-15)20(24)22(19(17)23)11-16-2-1-9-25-16/h3-8,10,16H,1-2,9,11-12H2. The highest BCUT2D eigenvalue weighted by Gasteiger charge is 2.37. The fraction of sp³-hybridized carbons (Fsp3) is 0.300. The average molecular weight is 355 g/mol. The van der Waals surface area contributed by atoms with Crippen LogP contribution in [0.3, 0.4) is 0 Å². The summed E-state index contributed by atoms with van der Waals surface area (Å²) in [4.78, 5) is 26.4. The minimum Gasteiger partial charge on any atom is -0.489 e. The van der Waals surface area contributed by atoms with Crippen molar-refractivity contribution in [3.05, 3.63) is 65.0 Å². The van der Waals surface area contributed by atoms with Crippen LogP contribution in [0.15, 0.2) is 42.5 Å². The van der Waals surface area contributed by atoms with Crippen molar-refractivity contribution in [2.24, 2.45) is 0 Å². The number of amides is 2. The third-order valence-corrected chi connectivity index (χ3v) is 4.67. The van der Waals surface area contributed by atoms with E-state index in [9.17, 15) is 14.0 Å². The molecule has 2 aliphatic heterocycles. The van der Waals surface area contributed by atoms with E-state index in [2.05, 4.69) is 0 Å². The van der Waals surface area contributed by atoms with Crippen LogP contribution in [-0.4, -0.2) is 36.0 Å². The van der Waals surface area contributed by atoms with Gasteiger partial charge in [-0.1, -0.05) is 12.1 Å². The zero-order valence-corrected chi connectivity index (χ0v) is 14.1. The van der Waals surface area contributed by atoms with E-state index in [4.69, 9.17) is 9.47 Å². The maximum absolute atomic E-state index is 12.9. The molecule has 5 nitrogen and oxygen atoms in total. The number of fused-ring (bicyclic) bond motifs is 1. The van der Waals surface area contributed by atoms with E-state index in [0.29, 0.717) is 23.5 Å². The molecule has 0 bridgehead atoms. The minimum atomic E-state index is -0.312. The van der Waals surface area contributed by atoms with Crippen LogP contribution < -0.4 is 4.74 Å². The Morgan fingerprint density at radius 2 is 1.85 bits per heavy atom. The molecule has 134 valence electrons. The van der Waals surface area contributed by atoms with Crippen LogP contribution in [0.4, 0.5) is 4.39 Å². The summed E-state index contributed by atoms with van der Waals surface area (Å²) in [5.74, 6) is -0.409. The lowest BCUT2D eigenvalue weighted by Crippen LogP contribution is -2.36. The fourth-order valence-corrected chi connectivity index (χ4v) is 3.26. The van der Waals surface area contributed by atoms with Crippen molar-refractivity contribution < 1.29 is 23.5 Å². The lowest BCUT2D eigenvalue weighted by Gasteiger charge is -2.17. The molecule has 26 heavy (non-hydrogen) atoms. The normalized spacial score (nSPS) is 19.1. The van der Waals surface area contributed by atoms with Gasteiger partial charge in [0, 0.05) is 6.61 Å². The number of benzene rings is 2. The first-order valence-corrected chi connectivity index (χ1v) is 8.61.